The van der Waals surface area contributed by atoms with Crippen LogP contribution in [0.25, 0.3) is 11.0 Å². The lowest BCUT2D eigenvalue weighted by Crippen LogP contribution is -2.21. The van der Waals surface area contributed by atoms with Crippen molar-refractivity contribution >= 4 is 34.3 Å². The molecule has 8 nitrogen and oxygen atoms in total. The maximum absolute atomic E-state index is 13.1. The van der Waals surface area contributed by atoms with Crippen molar-refractivity contribution in [1.82, 2.24) is 9.55 Å². The van der Waals surface area contributed by atoms with Gasteiger partial charge in [0.1, 0.15) is 5.65 Å². The van der Waals surface area contributed by atoms with E-state index >= 15 is 0 Å². The van der Waals surface area contributed by atoms with Gasteiger partial charge in [-0.15, -0.1) is 6.58 Å². The highest BCUT2D eigenvalue weighted by molar-refractivity contribution is 6.14. The molecule has 1 aromatic carbocycles. The Labute approximate surface area is 211 Å². The van der Waals surface area contributed by atoms with Gasteiger partial charge in [0.25, 0.3) is 5.91 Å². The van der Waals surface area contributed by atoms with Crippen LogP contribution in [0.1, 0.15) is 60.4 Å². The molecule has 3 heterocycles. The van der Waals surface area contributed by atoms with Crippen LogP contribution in [-0.4, -0.2) is 47.3 Å². The molecule has 3 aromatic rings. The van der Waals surface area contributed by atoms with E-state index in [1.54, 1.807) is 30.5 Å². The molecule has 0 unspecified atom stereocenters. The Morgan fingerprint density at radius 2 is 2.08 bits per heavy atom. The number of carbonyl (C=O) groups excluding carboxylic acids is 2. The van der Waals surface area contributed by atoms with Gasteiger partial charge in [-0.25, -0.2) is 9.78 Å². The van der Waals surface area contributed by atoms with Gasteiger partial charge >= 0.3 is 5.97 Å². The van der Waals surface area contributed by atoms with Crippen molar-refractivity contribution in [1.29, 1.82) is 0 Å². The molecule has 2 N–H and O–H groups in total. The summed E-state index contributed by atoms with van der Waals surface area (Å²) in [6.07, 6.45) is 5.44. The fourth-order valence-electron chi connectivity index (χ4n) is 4.50. The van der Waals surface area contributed by atoms with Gasteiger partial charge in [0.05, 0.1) is 37.3 Å². The molecule has 36 heavy (non-hydrogen) atoms. The summed E-state index contributed by atoms with van der Waals surface area (Å²) in [6, 6.07) is 11.0. The summed E-state index contributed by atoms with van der Waals surface area (Å²) in [5.74, 6) is -0.858. The molecule has 1 saturated heterocycles. The van der Waals surface area contributed by atoms with Crippen LogP contribution in [0.2, 0.25) is 0 Å². The van der Waals surface area contributed by atoms with Gasteiger partial charge < -0.3 is 24.7 Å². The van der Waals surface area contributed by atoms with Gasteiger partial charge in [-0.3, -0.25) is 4.79 Å². The summed E-state index contributed by atoms with van der Waals surface area (Å²) in [4.78, 5) is 30.9. The third kappa shape index (κ3) is 5.76. The number of anilines is 2. The molecule has 0 saturated carbocycles. The Kier molecular flexibility index (Phi) is 8.05. The molecule has 1 aliphatic rings. The number of nitrogens with one attached hydrogen (secondary N) is 2. The SMILES string of the molecule is C=C(C)CC[C@H](C)Nc1cnc2c(c1)c(NC(=O)c1ccccc1)c(C(=O)OC)n2C[C@H]1CCCO1. The van der Waals surface area contributed by atoms with Crippen molar-refractivity contribution in [3.63, 3.8) is 0 Å². The summed E-state index contributed by atoms with van der Waals surface area (Å²) < 4.78 is 12.8. The first-order valence-electron chi connectivity index (χ1n) is 12.4. The van der Waals surface area contributed by atoms with Crippen LogP contribution in [0, 0.1) is 0 Å². The number of carbonyl (C=O) groups is 2. The van der Waals surface area contributed by atoms with E-state index in [2.05, 4.69) is 24.1 Å². The first-order valence-corrected chi connectivity index (χ1v) is 12.4. The number of aromatic nitrogens is 2. The van der Waals surface area contributed by atoms with Crippen LogP contribution in [0.15, 0.2) is 54.7 Å². The molecule has 4 rings (SSSR count). The second kappa shape index (κ2) is 11.4. The quantitative estimate of drug-likeness (QED) is 0.291. The summed E-state index contributed by atoms with van der Waals surface area (Å²) in [6.45, 7) is 9.24. The van der Waals surface area contributed by atoms with E-state index in [0.717, 1.165) is 36.9 Å². The minimum Gasteiger partial charge on any atom is -0.464 e. The molecule has 0 radical (unpaired) electrons. The first-order chi connectivity index (χ1) is 17.4. The summed E-state index contributed by atoms with van der Waals surface area (Å²) >= 11 is 0. The van der Waals surface area contributed by atoms with Crippen molar-refractivity contribution in [3.8, 4) is 0 Å². The van der Waals surface area contributed by atoms with Gasteiger partial charge in [-0.2, -0.15) is 0 Å². The number of hydrogen-bond acceptors (Lipinski definition) is 6. The van der Waals surface area contributed by atoms with Crippen LogP contribution < -0.4 is 10.6 Å². The lowest BCUT2D eigenvalue weighted by molar-refractivity contribution is 0.0580. The summed E-state index contributed by atoms with van der Waals surface area (Å²) in [5.41, 5.74) is 3.66. The molecular formula is C28H34N4O4. The zero-order valence-electron chi connectivity index (χ0n) is 21.2. The number of ether oxygens (including phenoxy) is 2. The van der Waals surface area contributed by atoms with Gasteiger partial charge in [0, 0.05) is 23.6 Å². The number of pyridine rings is 1. The van der Waals surface area contributed by atoms with E-state index in [1.165, 1.54) is 7.11 Å². The van der Waals surface area contributed by atoms with Crippen LogP contribution in [0.4, 0.5) is 11.4 Å². The predicted octanol–water partition coefficient (Wildman–Crippen LogP) is 5.41. The number of allylic oxidation sites excluding steroid dienone is 1. The molecule has 2 atom stereocenters. The van der Waals surface area contributed by atoms with E-state index in [1.807, 2.05) is 23.6 Å². The Balaban J connectivity index is 1.78. The topological polar surface area (TPSA) is 94.5 Å². The maximum Gasteiger partial charge on any atom is 0.356 e. The van der Waals surface area contributed by atoms with E-state index in [-0.39, 0.29) is 23.7 Å². The van der Waals surface area contributed by atoms with Crippen molar-refractivity contribution in [2.24, 2.45) is 0 Å². The molecule has 0 spiro atoms. The number of methoxy groups -OCH3 is 1. The largest absolute Gasteiger partial charge is 0.464 e. The monoisotopic (exact) mass is 490 g/mol. The zero-order valence-corrected chi connectivity index (χ0v) is 21.2. The Morgan fingerprint density at radius 3 is 2.75 bits per heavy atom. The van der Waals surface area contributed by atoms with Gasteiger partial charge in [0.15, 0.2) is 5.69 Å². The molecule has 1 fully saturated rings. The lowest BCUT2D eigenvalue weighted by Gasteiger charge is -2.16. The van der Waals surface area contributed by atoms with Crippen LogP contribution >= 0.6 is 0 Å². The normalized spacial score (nSPS) is 16.0. The van der Waals surface area contributed by atoms with E-state index < -0.39 is 5.97 Å². The number of esters is 1. The highest BCUT2D eigenvalue weighted by Gasteiger charge is 2.29. The summed E-state index contributed by atoms with van der Waals surface area (Å²) in [5, 5.41) is 7.11. The molecule has 0 aliphatic carbocycles. The fourth-order valence-corrected chi connectivity index (χ4v) is 4.50. The molecule has 2 aromatic heterocycles. The minimum absolute atomic E-state index is 0.0385. The molecule has 1 aliphatic heterocycles. The average molecular weight is 491 g/mol. The Hall–Kier alpha value is -3.65. The maximum atomic E-state index is 13.1. The standard InChI is InChI=1S/C28H34N4O4/c1-18(2)12-13-19(3)30-21-15-23-24(31-27(33)20-9-6-5-7-10-20)25(28(34)35-4)32(26(23)29-16-21)17-22-11-8-14-36-22/h5-7,9-10,15-16,19,22,30H,1,8,11-14,17H2,2-4H3,(H,31,33)/t19-,22+/m0/s1. The molecule has 190 valence electrons. The molecule has 0 bridgehead atoms. The van der Waals surface area contributed by atoms with Gasteiger partial charge in [-0.05, 0) is 57.7 Å². The van der Waals surface area contributed by atoms with E-state index in [4.69, 9.17) is 14.5 Å². The first kappa shape index (κ1) is 25.4. The highest BCUT2D eigenvalue weighted by Crippen LogP contribution is 2.34. The van der Waals surface area contributed by atoms with Crippen molar-refractivity contribution < 1.29 is 19.1 Å². The number of amides is 1. The third-order valence-electron chi connectivity index (χ3n) is 6.38. The number of hydrogen-bond donors (Lipinski definition) is 2. The Morgan fingerprint density at radius 1 is 1.31 bits per heavy atom. The average Bonchev–Trinajstić information content (AvgIpc) is 3.49. The zero-order chi connectivity index (χ0) is 25.7. The van der Waals surface area contributed by atoms with E-state index in [0.29, 0.717) is 35.4 Å². The number of nitrogens with zero attached hydrogens (tertiary/aromatic N) is 2. The number of rotatable bonds is 10. The van der Waals surface area contributed by atoms with Crippen LogP contribution in [0.5, 0.6) is 0 Å². The van der Waals surface area contributed by atoms with Crippen LogP contribution in [0.3, 0.4) is 0 Å². The van der Waals surface area contributed by atoms with Crippen molar-refractivity contribution in [2.75, 3.05) is 24.4 Å². The molecule has 8 heteroatoms. The van der Waals surface area contributed by atoms with Gasteiger partial charge in [-0.1, -0.05) is 23.8 Å². The van der Waals surface area contributed by atoms with Gasteiger partial charge in [0.2, 0.25) is 0 Å². The van der Waals surface area contributed by atoms with Crippen LogP contribution in [-0.2, 0) is 16.0 Å². The second-order valence-corrected chi connectivity index (χ2v) is 9.42. The lowest BCUT2D eigenvalue weighted by atomic mass is 10.1. The smallest absolute Gasteiger partial charge is 0.356 e. The Bertz CT molecular complexity index is 1250. The third-order valence-corrected chi connectivity index (χ3v) is 6.38. The van der Waals surface area contributed by atoms with E-state index in [9.17, 15) is 9.59 Å². The highest BCUT2D eigenvalue weighted by atomic mass is 16.5. The molecule has 1 amide bonds. The number of benzene rings is 1. The predicted molar refractivity (Wildman–Crippen MR) is 142 cm³/mol. The summed E-state index contributed by atoms with van der Waals surface area (Å²) in [7, 11) is 1.34. The second-order valence-electron chi connectivity index (χ2n) is 9.42. The fraction of sp³-hybridized carbons (Fsp3) is 0.393. The number of fused-ring (bicyclic) bond motifs is 1. The minimum atomic E-state index is -0.543. The molecular weight excluding hydrogens is 456 g/mol. The van der Waals surface area contributed by atoms with Crippen molar-refractivity contribution in [2.45, 2.75) is 58.2 Å². The van der Waals surface area contributed by atoms with Crippen molar-refractivity contribution in [3.05, 3.63) is 66.0 Å².